The Morgan fingerprint density at radius 2 is 1.65 bits per heavy atom. The van der Waals surface area contributed by atoms with Crippen LogP contribution in [0.3, 0.4) is 0 Å². The van der Waals surface area contributed by atoms with Crippen molar-refractivity contribution in [1.82, 2.24) is 0 Å². The van der Waals surface area contributed by atoms with Crippen molar-refractivity contribution >= 4 is 5.69 Å². The van der Waals surface area contributed by atoms with Crippen LogP contribution in [0.25, 0.3) is 0 Å². The van der Waals surface area contributed by atoms with Gasteiger partial charge in [-0.15, -0.1) is 0 Å². The van der Waals surface area contributed by atoms with Crippen molar-refractivity contribution in [3.63, 3.8) is 0 Å². The second kappa shape index (κ2) is 6.06. The van der Waals surface area contributed by atoms with Crippen molar-refractivity contribution in [3.8, 4) is 0 Å². The molecule has 0 unspecified atom stereocenters. The highest BCUT2D eigenvalue weighted by atomic mass is 15.1. The maximum atomic E-state index is 5.63. The van der Waals surface area contributed by atoms with Crippen molar-refractivity contribution < 1.29 is 0 Å². The van der Waals surface area contributed by atoms with E-state index in [1.165, 1.54) is 49.8 Å². The molecule has 2 heteroatoms. The zero-order valence-electron chi connectivity index (χ0n) is 10.9. The summed E-state index contributed by atoms with van der Waals surface area (Å²) in [4.78, 5) is 2.45. The van der Waals surface area contributed by atoms with Gasteiger partial charge in [0.15, 0.2) is 0 Å². The standard InChI is InChI=1S/C15H24N2/c1-17(14-6-4-2-3-5-7-14)15-10-8-13(12-16)9-11-15/h8-11,14H,2-7,12,16H2,1H3. The van der Waals surface area contributed by atoms with E-state index in [4.69, 9.17) is 5.73 Å². The van der Waals surface area contributed by atoms with E-state index in [1.54, 1.807) is 0 Å². The summed E-state index contributed by atoms with van der Waals surface area (Å²) in [5.41, 5.74) is 8.16. The molecule has 1 fully saturated rings. The van der Waals surface area contributed by atoms with Gasteiger partial charge in [-0.05, 0) is 30.5 Å². The van der Waals surface area contributed by atoms with Gasteiger partial charge in [0, 0.05) is 25.3 Å². The molecule has 2 rings (SSSR count). The highest BCUT2D eigenvalue weighted by Crippen LogP contribution is 2.25. The largest absolute Gasteiger partial charge is 0.372 e. The molecule has 0 radical (unpaired) electrons. The molecule has 1 aliphatic rings. The molecule has 1 aromatic rings. The van der Waals surface area contributed by atoms with Gasteiger partial charge in [-0.25, -0.2) is 0 Å². The first-order valence-electron chi connectivity index (χ1n) is 6.83. The van der Waals surface area contributed by atoms with Crippen LogP contribution < -0.4 is 10.6 Å². The Labute approximate surface area is 105 Å². The molecule has 2 N–H and O–H groups in total. The minimum Gasteiger partial charge on any atom is -0.372 e. The molecule has 2 nitrogen and oxygen atoms in total. The van der Waals surface area contributed by atoms with E-state index in [0.717, 1.165) is 6.04 Å². The van der Waals surface area contributed by atoms with Crippen LogP contribution in [0.2, 0.25) is 0 Å². The molecule has 0 saturated heterocycles. The molecular weight excluding hydrogens is 208 g/mol. The topological polar surface area (TPSA) is 29.3 Å². The van der Waals surface area contributed by atoms with Gasteiger partial charge in [-0.3, -0.25) is 0 Å². The van der Waals surface area contributed by atoms with Crippen molar-refractivity contribution in [2.75, 3.05) is 11.9 Å². The zero-order chi connectivity index (χ0) is 12.1. The quantitative estimate of drug-likeness (QED) is 0.810. The van der Waals surface area contributed by atoms with Gasteiger partial charge in [0.2, 0.25) is 0 Å². The van der Waals surface area contributed by atoms with Crippen LogP contribution in [0.4, 0.5) is 5.69 Å². The van der Waals surface area contributed by atoms with Crippen LogP contribution >= 0.6 is 0 Å². The van der Waals surface area contributed by atoms with Gasteiger partial charge in [0.25, 0.3) is 0 Å². The molecule has 17 heavy (non-hydrogen) atoms. The molecule has 0 aliphatic heterocycles. The Hall–Kier alpha value is -1.02. The molecule has 0 heterocycles. The average Bonchev–Trinajstić information content (AvgIpc) is 2.67. The summed E-state index contributed by atoms with van der Waals surface area (Å²) >= 11 is 0. The fraction of sp³-hybridized carbons (Fsp3) is 0.600. The Morgan fingerprint density at radius 3 is 2.18 bits per heavy atom. The lowest BCUT2D eigenvalue weighted by molar-refractivity contribution is 0.553. The van der Waals surface area contributed by atoms with Gasteiger partial charge in [0.05, 0.1) is 0 Å². The summed E-state index contributed by atoms with van der Waals surface area (Å²) in [6, 6.07) is 9.41. The van der Waals surface area contributed by atoms with E-state index in [0.29, 0.717) is 6.54 Å². The minimum absolute atomic E-state index is 0.632. The lowest BCUT2D eigenvalue weighted by atomic mass is 10.1. The molecular formula is C15H24N2. The normalized spacial score (nSPS) is 17.8. The maximum Gasteiger partial charge on any atom is 0.0366 e. The van der Waals surface area contributed by atoms with Crippen LogP contribution in [0.1, 0.15) is 44.1 Å². The Balaban J connectivity index is 2.03. The summed E-state index contributed by atoms with van der Waals surface area (Å²) in [6.07, 6.45) is 8.28. The van der Waals surface area contributed by atoms with Gasteiger partial charge in [-0.2, -0.15) is 0 Å². The molecule has 0 atom stereocenters. The number of rotatable bonds is 3. The summed E-state index contributed by atoms with van der Waals surface area (Å²) in [6.45, 7) is 0.632. The van der Waals surface area contributed by atoms with E-state index >= 15 is 0 Å². The third-order valence-corrected chi connectivity index (χ3v) is 3.95. The second-order valence-electron chi connectivity index (χ2n) is 5.13. The molecule has 0 spiro atoms. The van der Waals surface area contributed by atoms with Crippen LogP contribution in [0.5, 0.6) is 0 Å². The van der Waals surface area contributed by atoms with Crippen LogP contribution in [0, 0.1) is 0 Å². The fourth-order valence-electron chi connectivity index (χ4n) is 2.72. The molecule has 0 bridgehead atoms. The summed E-state index contributed by atoms with van der Waals surface area (Å²) < 4.78 is 0. The predicted molar refractivity (Wildman–Crippen MR) is 74.2 cm³/mol. The fourth-order valence-corrected chi connectivity index (χ4v) is 2.72. The maximum absolute atomic E-state index is 5.63. The van der Waals surface area contributed by atoms with Gasteiger partial charge < -0.3 is 10.6 Å². The third kappa shape index (κ3) is 3.22. The first-order valence-corrected chi connectivity index (χ1v) is 6.83. The highest BCUT2D eigenvalue weighted by Gasteiger charge is 2.16. The Kier molecular flexibility index (Phi) is 4.43. The van der Waals surface area contributed by atoms with E-state index in [1.807, 2.05) is 0 Å². The van der Waals surface area contributed by atoms with E-state index in [2.05, 4.69) is 36.2 Å². The molecule has 1 aromatic carbocycles. The Bertz CT molecular complexity index is 323. The van der Waals surface area contributed by atoms with Gasteiger partial charge in [-0.1, -0.05) is 37.8 Å². The SMILES string of the molecule is CN(c1ccc(CN)cc1)C1CCCCCC1. The van der Waals surface area contributed by atoms with E-state index in [-0.39, 0.29) is 0 Å². The van der Waals surface area contributed by atoms with Crippen molar-refractivity contribution in [3.05, 3.63) is 29.8 Å². The second-order valence-corrected chi connectivity index (χ2v) is 5.13. The monoisotopic (exact) mass is 232 g/mol. The molecule has 0 amide bonds. The smallest absolute Gasteiger partial charge is 0.0366 e. The number of nitrogens with zero attached hydrogens (tertiary/aromatic N) is 1. The summed E-state index contributed by atoms with van der Waals surface area (Å²) in [5.74, 6) is 0. The number of hydrogen-bond donors (Lipinski definition) is 1. The summed E-state index contributed by atoms with van der Waals surface area (Å²) in [5, 5.41) is 0. The number of benzene rings is 1. The van der Waals surface area contributed by atoms with Crippen LogP contribution in [0.15, 0.2) is 24.3 Å². The Morgan fingerprint density at radius 1 is 1.06 bits per heavy atom. The van der Waals surface area contributed by atoms with Crippen LogP contribution in [-0.2, 0) is 6.54 Å². The number of anilines is 1. The molecule has 0 aromatic heterocycles. The number of nitrogens with two attached hydrogens (primary N) is 1. The molecule has 1 saturated carbocycles. The number of hydrogen-bond acceptors (Lipinski definition) is 2. The van der Waals surface area contributed by atoms with Crippen molar-refractivity contribution in [1.29, 1.82) is 0 Å². The lowest BCUT2D eigenvalue weighted by Gasteiger charge is -2.29. The third-order valence-electron chi connectivity index (χ3n) is 3.95. The average molecular weight is 232 g/mol. The van der Waals surface area contributed by atoms with Gasteiger partial charge >= 0.3 is 0 Å². The lowest BCUT2D eigenvalue weighted by Crippen LogP contribution is -2.30. The molecule has 1 aliphatic carbocycles. The van der Waals surface area contributed by atoms with Crippen LogP contribution in [-0.4, -0.2) is 13.1 Å². The zero-order valence-corrected chi connectivity index (χ0v) is 10.9. The van der Waals surface area contributed by atoms with E-state index < -0.39 is 0 Å². The van der Waals surface area contributed by atoms with Gasteiger partial charge in [0.1, 0.15) is 0 Å². The highest BCUT2D eigenvalue weighted by molar-refractivity contribution is 5.47. The minimum atomic E-state index is 0.632. The first kappa shape index (κ1) is 12.4. The molecule has 94 valence electrons. The summed E-state index contributed by atoms with van der Waals surface area (Å²) in [7, 11) is 2.23. The first-order chi connectivity index (χ1) is 8.31. The predicted octanol–water partition coefficient (Wildman–Crippen LogP) is 3.30. The van der Waals surface area contributed by atoms with Crippen molar-refractivity contribution in [2.45, 2.75) is 51.1 Å². The van der Waals surface area contributed by atoms with Crippen molar-refractivity contribution in [2.24, 2.45) is 5.73 Å². The van der Waals surface area contributed by atoms with E-state index in [9.17, 15) is 0 Å².